The van der Waals surface area contributed by atoms with Crippen LogP contribution in [0.5, 0.6) is 0 Å². The molecule has 0 unspecified atom stereocenters. The third-order valence-corrected chi connectivity index (χ3v) is 4.58. The number of hydrogen-bond donors (Lipinski definition) is 3. The normalized spacial score (nSPS) is 10.8. The van der Waals surface area contributed by atoms with Crippen molar-refractivity contribution in [1.29, 1.82) is 0 Å². The number of nitrogens with two attached hydrogens (primary N) is 1. The van der Waals surface area contributed by atoms with Crippen LogP contribution in [0.15, 0.2) is 11.4 Å². The molecule has 2 aromatic heterocycles. The van der Waals surface area contributed by atoms with Crippen LogP contribution < -0.4 is 16.4 Å². The maximum Gasteiger partial charge on any atom is 0.258 e. The number of amides is 1. The van der Waals surface area contributed by atoms with Crippen LogP contribution in [0.1, 0.15) is 34.6 Å². The van der Waals surface area contributed by atoms with Gasteiger partial charge >= 0.3 is 0 Å². The van der Waals surface area contributed by atoms with E-state index < -0.39 is 0 Å². The average molecular weight is 310 g/mol. The molecule has 0 aliphatic rings. The smallest absolute Gasteiger partial charge is 0.258 e. The molecule has 0 saturated carbocycles. The summed E-state index contributed by atoms with van der Waals surface area (Å²) >= 11 is 2.91. The second-order valence-electron chi connectivity index (χ2n) is 4.78. The number of carbonyl (C=O) groups excluding carboxylic acids is 1. The minimum Gasteiger partial charge on any atom is -0.382 e. The molecule has 1 amide bonds. The number of carbonyl (C=O) groups is 1. The highest BCUT2D eigenvalue weighted by molar-refractivity contribution is 7.11. The van der Waals surface area contributed by atoms with Crippen molar-refractivity contribution in [2.45, 2.75) is 33.4 Å². The van der Waals surface area contributed by atoms with Gasteiger partial charge in [-0.2, -0.15) is 4.37 Å². The Morgan fingerprint density at radius 2 is 2.25 bits per heavy atom. The zero-order valence-corrected chi connectivity index (χ0v) is 13.3. The number of thiophene rings is 1. The van der Waals surface area contributed by atoms with E-state index in [0.717, 1.165) is 0 Å². The fourth-order valence-electron chi connectivity index (χ4n) is 1.72. The van der Waals surface area contributed by atoms with Gasteiger partial charge in [-0.25, -0.2) is 0 Å². The van der Waals surface area contributed by atoms with Crippen molar-refractivity contribution >= 4 is 39.6 Å². The van der Waals surface area contributed by atoms with Crippen molar-refractivity contribution in [3.63, 3.8) is 0 Å². The first kappa shape index (κ1) is 14.8. The van der Waals surface area contributed by atoms with Crippen molar-refractivity contribution in [3.8, 4) is 0 Å². The van der Waals surface area contributed by atoms with E-state index >= 15 is 0 Å². The SMILES string of the molecule is Cc1ccsc1CNc1snc(N)c1C(=O)NC(C)C. The number of nitrogens with one attached hydrogen (secondary N) is 2. The molecule has 2 heterocycles. The third-order valence-electron chi connectivity index (χ3n) is 2.74. The van der Waals surface area contributed by atoms with Crippen molar-refractivity contribution in [1.82, 2.24) is 9.69 Å². The lowest BCUT2D eigenvalue weighted by Gasteiger charge is -2.10. The molecular formula is C13H18N4OS2. The first-order valence-corrected chi connectivity index (χ1v) is 7.97. The monoisotopic (exact) mass is 310 g/mol. The van der Waals surface area contributed by atoms with E-state index in [9.17, 15) is 4.79 Å². The number of anilines is 2. The largest absolute Gasteiger partial charge is 0.382 e. The van der Waals surface area contributed by atoms with Gasteiger partial charge in [0.15, 0.2) is 5.82 Å². The first-order chi connectivity index (χ1) is 9.49. The van der Waals surface area contributed by atoms with E-state index in [1.54, 1.807) is 11.3 Å². The van der Waals surface area contributed by atoms with Crippen molar-refractivity contribution in [3.05, 3.63) is 27.5 Å². The van der Waals surface area contributed by atoms with Gasteiger partial charge in [0, 0.05) is 10.9 Å². The van der Waals surface area contributed by atoms with E-state index in [0.29, 0.717) is 17.1 Å². The van der Waals surface area contributed by atoms with E-state index in [4.69, 9.17) is 5.73 Å². The van der Waals surface area contributed by atoms with Gasteiger partial charge in [-0.3, -0.25) is 4.79 Å². The van der Waals surface area contributed by atoms with Crippen molar-refractivity contribution in [2.24, 2.45) is 0 Å². The first-order valence-electron chi connectivity index (χ1n) is 6.32. The summed E-state index contributed by atoms with van der Waals surface area (Å²) in [5, 5.41) is 8.87. The lowest BCUT2D eigenvalue weighted by Crippen LogP contribution is -2.30. The molecule has 0 fully saturated rings. The Morgan fingerprint density at radius 1 is 1.50 bits per heavy atom. The molecule has 20 heavy (non-hydrogen) atoms. The van der Waals surface area contributed by atoms with Crippen LogP contribution >= 0.6 is 22.9 Å². The summed E-state index contributed by atoms with van der Waals surface area (Å²) in [6, 6.07) is 2.14. The molecule has 0 aromatic carbocycles. The highest BCUT2D eigenvalue weighted by atomic mass is 32.1. The van der Waals surface area contributed by atoms with Gasteiger partial charge in [-0.15, -0.1) is 11.3 Å². The Morgan fingerprint density at radius 3 is 2.85 bits per heavy atom. The third kappa shape index (κ3) is 3.29. The topological polar surface area (TPSA) is 80.0 Å². The van der Waals surface area contributed by atoms with Crippen LogP contribution in [-0.4, -0.2) is 16.3 Å². The summed E-state index contributed by atoms with van der Waals surface area (Å²) < 4.78 is 4.07. The maximum atomic E-state index is 12.1. The Labute approximate surface area is 126 Å². The van der Waals surface area contributed by atoms with Gasteiger partial charge in [-0.1, -0.05) is 0 Å². The quantitative estimate of drug-likeness (QED) is 0.793. The molecule has 0 saturated heterocycles. The molecule has 108 valence electrons. The highest BCUT2D eigenvalue weighted by Gasteiger charge is 2.19. The van der Waals surface area contributed by atoms with Crippen LogP contribution in [0.25, 0.3) is 0 Å². The fraction of sp³-hybridized carbons (Fsp3) is 0.385. The van der Waals surface area contributed by atoms with E-state index in [1.807, 2.05) is 13.8 Å². The Kier molecular flexibility index (Phi) is 4.61. The zero-order valence-electron chi connectivity index (χ0n) is 11.7. The minimum atomic E-state index is -0.184. The molecule has 4 N–H and O–H groups in total. The van der Waals surface area contributed by atoms with E-state index in [-0.39, 0.29) is 17.8 Å². The predicted molar refractivity (Wildman–Crippen MR) is 85.5 cm³/mol. The van der Waals surface area contributed by atoms with E-state index in [1.165, 1.54) is 22.0 Å². The van der Waals surface area contributed by atoms with Gasteiger partial charge in [0.2, 0.25) is 0 Å². The number of rotatable bonds is 5. The molecule has 5 nitrogen and oxygen atoms in total. The van der Waals surface area contributed by atoms with Crippen LogP contribution in [0, 0.1) is 6.92 Å². The Bertz CT molecular complexity index is 603. The number of nitrogen functional groups attached to an aromatic ring is 1. The van der Waals surface area contributed by atoms with Crippen LogP contribution in [0.2, 0.25) is 0 Å². The summed E-state index contributed by atoms with van der Waals surface area (Å²) in [5.74, 6) is 0.0928. The molecule has 0 aliphatic carbocycles. The summed E-state index contributed by atoms with van der Waals surface area (Å²) in [6.45, 7) is 6.57. The molecule has 0 spiro atoms. The van der Waals surface area contributed by atoms with Crippen LogP contribution in [0.3, 0.4) is 0 Å². The van der Waals surface area contributed by atoms with Gasteiger partial charge in [0.1, 0.15) is 10.6 Å². The molecule has 0 aliphatic heterocycles. The number of hydrogen-bond acceptors (Lipinski definition) is 6. The number of aryl methyl sites for hydroxylation is 1. The van der Waals surface area contributed by atoms with Gasteiger partial charge in [0.25, 0.3) is 5.91 Å². The molecule has 0 radical (unpaired) electrons. The van der Waals surface area contributed by atoms with Gasteiger partial charge in [-0.05, 0) is 49.3 Å². The summed E-state index contributed by atoms with van der Waals surface area (Å²) in [5.41, 5.74) is 7.48. The standard InChI is InChI=1S/C13H18N4OS2/c1-7(2)16-12(18)10-11(14)17-20-13(10)15-6-9-8(3)4-5-19-9/h4-5,7,15H,6H2,1-3H3,(H2,14,17)(H,16,18). The second kappa shape index (κ2) is 6.23. The van der Waals surface area contributed by atoms with Crippen LogP contribution in [0.4, 0.5) is 10.8 Å². The molecular weight excluding hydrogens is 292 g/mol. The summed E-state index contributed by atoms with van der Waals surface area (Å²) in [6.07, 6.45) is 0. The number of nitrogens with zero attached hydrogens (tertiary/aromatic N) is 1. The summed E-state index contributed by atoms with van der Waals surface area (Å²) in [4.78, 5) is 13.4. The van der Waals surface area contributed by atoms with Gasteiger partial charge in [0.05, 0.1) is 6.54 Å². The van der Waals surface area contributed by atoms with E-state index in [2.05, 4.69) is 33.4 Å². The van der Waals surface area contributed by atoms with Crippen molar-refractivity contribution < 1.29 is 4.79 Å². The molecule has 2 rings (SSSR count). The lowest BCUT2D eigenvalue weighted by atomic mass is 10.2. The van der Waals surface area contributed by atoms with Crippen molar-refractivity contribution in [2.75, 3.05) is 11.1 Å². The Balaban J connectivity index is 2.13. The molecule has 0 bridgehead atoms. The fourth-order valence-corrected chi connectivity index (χ4v) is 3.27. The average Bonchev–Trinajstić information content (AvgIpc) is 2.92. The predicted octanol–water partition coefficient (Wildman–Crippen LogP) is 2.85. The second-order valence-corrected chi connectivity index (χ2v) is 6.55. The zero-order chi connectivity index (χ0) is 14.7. The summed E-state index contributed by atoms with van der Waals surface area (Å²) in [7, 11) is 0. The Hall–Kier alpha value is -1.60. The van der Waals surface area contributed by atoms with Gasteiger partial charge < -0.3 is 16.4 Å². The van der Waals surface area contributed by atoms with Crippen LogP contribution in [-0.2, 0) is 6.54 Å². The minimum absolute atomic E-state index is 0.0641. The lowest BCUT2D eigenvalue weighted by molar-refractivity contribution is 0.0945. The number of aromatic nitrogens is 1. The molecule has 2 aromatic rings. The maximum absolute atomic E-state index is 12.1. The molecule has 7 heteroatoms. The highest BCUT2D eigenvalue weighted by Crippen LogP contribution is 2.28. The molecule has 0 atom stereocenters.